The summed E-state index contributed by atoms with van der Waals surface area (Å²) in [5, 5.41) is 24.3. The fraction of sp³-hybridized carbons (Fsp3) is 0.333. The maximum Gasteiger partial charge on any atom is 0.353 e. The standard InChI is InChI=1S/C15H18ClN5O3/c1-3-20(6-7-22)15-13(21(23)24)14(17-9-18-15)19-12-5-4-11(16)8-10(12)2/h4-5,8-9,22H,3,6-7H2,1-2H3,(H,17,18,19). The third-order valence-electron chi connectivity index (χ3n) is 3.48. The van der Waals surface area contributed by atoms with Crippen LogP contribution in [-0.2, 0) is 0 Å². The van der Waals surface area contributed by atoms with Gasteiger partial charge in [0.2, 0.25) is 11.6 Å². The van der Waals surface area contributed by atoms with Crippen molar-refractivity contribution in [3.63, 3.8) is 0 Å². The van der Waals surface area contributed by atoms with Crippen molar-refractivity contribution in [1.82, 2.24) is 9.97 Å². The van der Waals surface area contributed by atoms with Gasteiger partial charge in [-0.25, -0.2) is 9.97 Å². The molecule has 0 saturated heterocycles. The Balaban J connectivity index is 2.48. The number of nitro groups is 1. The van der Waals surface area contributed by atoms with Crippen LogP contribution in [0.1, 0.15) is 12.5 Å². The van der Waals surface area contributed by atoms with E-state index in [2.05, 4.69) is 15.3 Å². The highest BCUT2D eigenvalue weighted by molar-refractivity contribution is 6.30. The summed E-state index contributed by atoms with van der Waals surface area (Å²) in [4.78, 5) is 20.7. The molecule has 128 valence electrons. The minimum absolute atomic E-state index is 0.0896. The van der Waals surface area contributed by atoms with Gasteiger partial charge in [0.25, 0.3) is 0 Å². The van der Waals surface area contributed by atoms with Gasteiger partial charge in [-0.3, -0.25) is 10.1 Å². The van der Waals surface area contributed by atoms with E-state index in [1.165, 1.54) is 6.33 Å². The van der Waals surface area contributed by atoms with Gasteiger partial charge in [0.1, 0.15) is 6.33 Å². The maximum atomic E-state index is 11.6. The number of rotatable bonds is 7. The van der Waals surface area contributed by atoms with Gasteiger partial charge in [-0.05, 0) is 37.6 Å². The molecule has 0 spiro atoms. The molecule has 2 aromatic rings. The van der Waals surface area contributed by atoms with Crippen LogP contribution in [0.25, 0.3) is 0 Å². The summed E-state index contributed by atoms with van der Waals surface area (Å²) in [5.74, 6) is 0.257. The molecular weight excluding hydrogens is 334 g/mol. The van der Waals surface area contributed by atoms with E-state index in [9.17, 15) is 10.1 Å². The van der Waals surface area contributed by atoms with Crippen LogP contribution in [0.5, 0.6) is 0 Å². The van der Waals surface area contributed by atoms with Gasteiger partial charge in [-0.1, -0.05) is 11.6 Å². The number of nitrogens with one attached hydrogen (secondary N) is 1. The Morgan fingerprint density at radius 1 is 1.42 bits per heavy atom. The minimum Gasteiger partial charge on any atom is -0.395 e. The van der Waals surface area contributed by atoms with E-state index in [-0.39, 0.29) is 30.5 Å². The fourth-order valence-electron chi connectivity index (χ4n) is 2.29. The second kappa shape index (κ2) is 7.89. The number of benzene rings is 1. The van der Waals surface area contributed by atoms with E-state index >= 15 is 0 Å². The SMILES string of the molecule is CCN(CCO)c1ncnc(Nc2ccc(Cl)cc2C)c1[N+](=O)[O-]. The molecule has 0 radical (unpaired) electrons. The molecule has 0 saturated carbocycles. The van der Waals surface area contributed by atoms with E-state index in [0.29, 0.717) is 17.3 Å². The molecule has 2 N–H and O–H groups in total. The number of halogens is 1. The van der Waals surface area contributed by atoms with Crippen molar-refractivity contribution in [3.05, 3.63) is 45.2 Å². The fourth-order valence-corrected chi connectivity index (χ4v) is 2.52. The number of aliphatic hydroxyl groups excluding tert-OH is 1. The van der Waals surface area contributed by atoms with Crippen molar-refractivity contribution < 1.29 is 10.0 Å². The normalized spacial score (nSPS) is 10.5. The van der Waals surface area contributed by atoms with Gasteiger partial charge in [0.15, 0.2) is 0 Å². The second-order valence-electron chi connectivity index (χ2n) is 5.04. The second-order valence-corrected chi connectivity index (χ2v) is 5.48. The monoisotopic (exact) mass is 351 g/mol. The third kappa shape index (κ3) is 3.90. The molecule has 1 aromatic heterocycles. The topological polar surface area (TPSA) is 104 Å². The zero-order valence-electron chi connectivity index (χ0n) is 13.4. The predicted octanol–water partition coefficient (Wildman–Crippen LogP) is 2.91. The van der Waals surface area contributed by atoms with Gasteiger partial charge in [-0.2, -0.15) is 0 Å². The summed E-state index contributed by atoms with van der Waals surface area (Å²) >= 11 is 5.93. The lowest BCUT2D eigenvalue weighted by atomic mass is 10.2. The van der Waals surface area contributed by atoms with Crippen molar-refractivity contribution in [3.8, 4) is 0 Å². The van der Waals surface area contributed by atoms with Crippen molar-refractivity contribution in [2.75, 3.05) is 29.9 Å². The quantitative estimate of drug-likeness (QED) is 0.583. The van der Waals surface area contributed by atoms with Crippen LogP contribution in [0.4, 0.5) is 23.0 Å². The lowest BCUT2D eigenvalue weighted by Crippen LogP contribution is -2.28. The molecule has 1 aromatic carbocycles. The Morgan fingerprint density at radius 3 is 2.75 bits per heavy atom. The summed E-state index contributed by atoms with van der Waals surface area (Å²) in [5.41, 5.74) is 1.26. The molecule has 0 atom stereocenters. The molecule has 2 rings (SSSR count). The number of aromatic nitrogens is 2. The molecule has 24 heavy (non-hydrogen) atoms. The first kappa shape index (κ1) is 17.9. The maximum absolute atomic E-state index is 11.6. The van der Waals surface area contributed by atoms with Crippen LogP contribution in [-0.4, -0.2) is 39.7 Å². The average Bonchev–Trinajstić information content (AvgIpc) is 2.54. The first-order valence-electron chi connectivity index (χ1n) is 7.36. The molecule has 0 aliphatic carbocycles. The summed E-state index contributed by atoms with van der Waals surface area (Å²) < 4.78 is 0. The molecule has 9 heteroatoms. The molecule has 0 fully saturated rings. The molecule has 0 aliphatic rings. The van der Waals surface area contributed by atoms with Crippen molar-refractivity contribution >= 4 is 34.6 Å². The van der Waals surface area contributed by atoms with Crippen LogP contribution in [0.3, 0.4) is 0 Å². The van der Waals surface area contributed by atoms with Crippen molar-refractivity contribution in [1.29, 1.82) is 0 Å². The number of aliphatic hydroxyl groups is 1. The number of hydrogen-bond acceptors (Lipinski definition) is 7. The summed E-state index contributed by atoms with van der Waals surface area (Å²) in [6.45, 7) is 4.25. The highest BCUT2D eigenvalue weighted by atomic mass is 35.5. The number of aryl methyl sites for hydroxylation is 1. The van der Waals surface area contributed by atoms with E-state index in [1.807, 2.05) is 13.8 Å². The van der Waals surface area contributed by atoms with Crippen LogP contribution in [0, 0.1) is 17.0 Å². The third-order valence-corrected chi connectivity index (χ3v) is 3.71. The minimum atomic E-state index is -0.525. The van der Waals surface area contributed by atoms with E-state index in [1.54, 1.807) is 23.1 Å². The van der Waals surface area contributed by atoms with Gasteiger partial charge in [0.05, 0.1) is 11.5 Å². The first-order valence-corrected chi connectivity index (χ1v) is 7.74. The highest BCUT2D eigenvalue weighted by Gasteiger charge is 2.26. The average molecular weight is 352 g/mol. The smallest absolute Gasteiger partial charge is 0.353 e. The Hall–Kier alpha value is -2.45. The summed E-state index contributed by atoms with van der Waals surface area (Å²) in [6, 6.07) is 5.17. The largest absolute Gasteiger partial charge is 0.395 e. The van der Waals surface area contributed by atoms with Crippen molar-refractivity contribution in [2.45, 2.75) is 13.8 Å². The first-order chi connectivity index (χ1) is 11.5. The van der Waals surface area contributed by atoms with Gasteiger partial charge in [0, 0.05) is 23.8 Å². The Bertz CT molecular complexity index is 741. The number of hydrogen-bond donors (Lipinski definition) is 2. The number of anilines is 3. The molecule has 0 unspecified atom stereocenters. The van der Waals surface area contributed by atoms with Crippen LogP contribution in [0.2, 0.25) is 5.02 Å². The Kier molecular flexibility index (Phi) is 5.88. The molecule has 0 bridgehead atoms. The predicted molar refractivity (Wildman–Crippen MR) is 93.1 cm³/mol. The van der Waals surface area contributed by atoms with Crippen LogP contribution < -0.4 is 10.2 Å². The Labute approximate surface area is 144 Å². The van der Waals surface area contributed by atoms with E-state index in [4.69, 9.17) is 16.7 Å². The Morgan fingerprint density at radius 2 is 2.17 bits per heavy atom. The van der Waals surface area contributed by atoms with Gasteiger partial charge < -0.3 is 15.3 Å². The van der Waals surface area contributed by atoms with Crippen LogP contribution in [0.15, 0.2) is 24.5 Å². The van der Waals surface area contributed by atoms with Gasteiger partial charge >= 0.3 is 5.69 Å². The molecule has 8 nitrogen and oxygen atoms in total. The number of nitrogens with zero attached hydrogens (tertiary/aromatic N) is 4. The molecule has 0 aliphatic heterocycles. The zero-order chi connectivity index (χ0) is 17.7. The number of likely N-dealkylation sites (N-methyl/N-ethyl adjacent to an activating group) is 1. The van der Waals surface area contributed by atoms with Crippen LogP contribution >= 0.6 is 11.6 Å². The molecule has 1 heterocycles. The lowest BCUT2D eigenvalue weighted by molar-refractivity contribution is -0.383. The lowest BCUT2D eigenvalue weighted by Gasteiger charge is -2.21. The highest BCUT2D eigenvalue weighted by Crippen LogP contribution is 2.34. The van der Waals surface area contributed by atoms with E-state index in [0.717, 1.165) is 5.56 Å². The summed E-state index contributed by atoms with van der Waals surface area (Å²) in [6.07, 6.45) is 1.26. The van der Waals surface area contributed by atoms with Gasteiger partial charge in [-0.15, -0.1) is 0 Å². The van der Waals surface area contributed by atoms with E-state index < -0.39 is 4.92 Å². The summed E-state index contributed by atoms with van der Waals surface area (Å²) in [7, 11) is 0. The van der Waals surface area contributed by atoms with Crippen molar-refractivity contribution in [2.24, 2.45) is 0 Å². The zero-order valence-corrected chi connectivity index (χ0v) is 14.1. The molecular formula is C15H18ClN5O3. The molecule has 0 amide bonds.